The summed E-state index contributed by atoms with van der Waals surface area (Å²) in [6, 6.07) is 5.34. The molecule has 0 spiro atoms. The molecule has 12 nitrogen and oxygen atoms in total. The van der Waals surface area contributed by atoms with Crippen molar-refractivity contribution in [2.45, 2.75) is 19.4 Å². The average Bonchev–Trinajstić information content (AvgIpc) is 3.53. The van der Waals surface area contributed by atoms with Gasteiger partial charge in [0.15, 0.2) is 11.6 Å². The van der Waals surface area contributed by atoms with Gasteiger partial charge in [0.2, 0.25) is 5.95 Å². The molecular formula is C21H21FN11OP. The zero-order chi connectivity index (χ0) is 24.5. The Morgan fingerprint density at radius 3 is 2.74 bits per heavy atom. The van der Waals surface area contributed by atoms with Crippen molar-refractivity contribution in [2.75, 3.05) is 31.1 Å². The third-order valence-electron chi connectivity index (χ3n) is 5.90. The van der Waals surface area contributed by atoms with Gasteiger partial charge < -0.3 is 9.80 Å². The number of carbonyl (C=O) groups is 1. The van der Waals surface area contributed by atoms with Gasteiger partial charge >= 0.3 is 6.03 Å². The van der Waals surface area contributed by atoms with Crippen molar-refractivity contribution in [3.8, 4) is 11.9 Å². The van der Waals surface area contributed by atoms with Gasteiger partial charge in [0.25, 0.3) is 0 Å². The first-order chi connectivity index (χ1) is 16.9. The lowest BCUT2D eigenvalue weighted by Crippen LogP contribution is -2.52. The van der Waals surface area contributed by atoms with Crippen LogP contribution in [0.2, 0.25) is 0 Å². The van der Waals surface area contributed by atoms with Crippen LogP contribution in [0.25, 0.3) is 5.82 Å². The van der Waals surface area contributed by atoms with E-state index in [1.165, 1.54) is 17.1 Å². The van der Waals surface area contributed by atoms with Crippen molar-refractivity contribution in [3.05, 3.63) is 47.2 Å². The number of hydrogen-bond donors (Lipinski definition) is 0. The molecule has 14 heteroatoms. The van der Waals surface area contributed by atoms with Crippen LogP contribution in [0, 0.1) is 24.1 Å². The molecule has 2 unspecified atom stereocenters. The first-order valence-electron chi connectivity index (χ1n) is 10.9. The van der Waals surface area contributed by atoms with Crippen LogP contribution in [0.15, 0.2) is 29.5 Å². The Bertz CT molecular complexity index is 1350. The number of piperazine rings is 1. The molecule has 2 aliphatic heterocycles. The average molecular weight is 493 g/mol. The van der Waals surface area contributed by atoms with Gasteiger partial charge in [-0.2, -0.15) is 20.0 Å². The number of rotatable bonds is 3. The second-order valence-electron chi connectivity index (χ2n) is 8.12. The third kappa shape index (κ3) is 4.40. The summed E-state index contributed by atoms with van der Waals surface area (Å²) in [4.78, 5) is 26.0. The number of aromatic nitrogens is 6. The van der Waals surface area contributed by atoms with Gasteiger partial charge in [0.1, 0.15) is 5.82 Å². The van der Waals surface area contributed by atoms with Crippen LogP contribution >= 0.6 is 9.24 Å². The van der Waals surface area contributed by atoms with Gasteiger partial charge in [-0.3, -0.25) is 0 Å². The van der Waals surface area contributed by atoms with E-state index >= 15 is 0 Å². The van der Waals surface area contributed by atoms with Crippen LogP contribution in [0.4, 0.5) is 15.1 Å². The fraction of sp³-hybridized carbons (Fsp3) is 0.333. The van der Waals surface area contributed by atoms with Crippen molar-refractivity contribution >= 4 is 32.7 Å². The molecule has 1 saturated heterocycles. The fourth-order valence-corrected chi connectivity index (χ4v) is 4.37. The smallest absolute Gasteiger partial charge is 0.337 e. The third-order valence-corrected chi connectivity index (χ3v) is 6.31. The van der Waals surface area contributed by atoms with Crippen LogP contribution in [0.5, 0.6) is 0 Å². The Morgan fingerprint density at radius 1 is 1.23 bits per heavy atom. The highest BCUT2D eigenvalue weighted by molar-refractivity contribution is 7.27. The molecule has 35 heavy (non-hydrogen) atoms. The number of carbonyl (C=O) groups excluding carboxylic acids is 1. The molecule has 0 aliphatic carbocycles. The number of hydrogen-bond acceptors (Lipinski definition) is 9. The Hall–Kier alpha value is -4.04. The number of aryl methyl sites for hydroxylation is 1. The minimum absolute atomic E-state index is 0.209. The Labute approximate surface area is 202 Å². The number of urea groups is 1. The van der Waals surface area contributed by atoms with Crippen molar-refractivity contribution in [1.29, 1.82) is 5.26 Å². The standard InChI is InChI=1S/C21H21FN11OP/c1-13-27-28-29-32(13)19-18(35)12-24-20(26-19)30-4-6-31(7-5-30)21(34)33-17(2-3-25-33)15-8-14(11-23)9-16(22)10-15/h3,8-10,12,17H,2,4-7,35H2,1H3. The van der Waals surface area contributed by atoms with Crippen LogP contribution < -0.4 is 10.2 Å². The number of anilines is 1. The van der Waals surface area contributed by atoms with E-state index in [2.05, 4.69) is 39.8 Å². The van der Waals surface area contributed by atoms with Gasteiger partial charge in [0, 0.05) is 50.3 Å². The van der Waals surface area contributed by atoms with E-state index in [-0.39, 0.29) is 11.6 Å². The van der Waals surface area contributed by atoms with Gasteiger partial charge in [-0.25, -0.2) is 19.2 Å². The molecule has 3 aromatic rings. The van der Waals surface area contributed by atoms with E-state index in [0.29, 0.717) is 55.8 Å². The zero-order valence-electron chi connectivity index (χ0n) is 18.8. The molecule has 1 aromatic carbocycles. The minimum Gasteiger partial charge on any atom is -0.337 e. The van der Waals surface area contributed by atoms with Crippen molar-refractivity contribution in [2.24, 2.45) is 5.10 Å². The van der Waals surface area contributed by atoms with Crippen LogP contribution in [-0.4, -0.2) is 78.5 Å². The number of halogens is 1. The zero-order valence-corrected chi connectivity index (χ0v) is 19.9. The number of nitriles is 1. The lowest BCUT2D eigenvalue weighted by Gasteiger charge is -2.37. The van der Waals surface area contributed by atoms with Gasteiger partial charge in [-0.1, -0.05) is 9.24 Å². The summed E-state index contributed by atoms with van der Waals surface area (Å²) in [7, 11) is 2.58. The maximum atomic E-state index is 14.0. The highest BCUT2D eigenvalue weighted by atomic mass is 31.0. The highest BCUT2D eigenvalue weighted by Crippen LogP contribution is 2.30. The molecule has 4 heterocycles. The first kappa shape index (κ1) is 22.7. The molecule has 178 valence electrons. The SMILES string of the molecule is Cc1nnnn1-c1nc(N2CCN(C(=O)N3N=CCC3c3cc(F)cc(C#N)c3)CC2)ncc1P. The molecule has 0 radical (unpaired) electrons. The highest BCUT2D eigenvalue weighted by Gasteiger charge is 2.34. The number of hydrazone groups is 1. The van der Waals surface area contributed by atoms with Gasteiger partial charge in [-0.05, 0) is 41.1 Å². The minimum atomic E-state index is -0.514. The second-order valence-corrected chi connectivity index (χ2v) is 8.74. The van der Waals surface area contributed by atoms with Crippen molar-refractivity contribution in [3.63, 3.8) is 0 Å². The summed E-state index contributed by atoms with van der Waals surface area (Å²) in [5.74, 6) is 1.19. The summed E-state index contributed by atoms with van der Waals surface area (Å²) in [6.45, 7) is 3.72. The molecule has 2 aliphatic rings. The van der Waals surface area contributed by atoms with Crippen LogP contribution in [0.1, 0.15) is 29.4 Å². The predicted octanol–water partition coefficient (Wildman–Crippen LogP) is 0.947. The summed E-state index contributed by atoms with van der Waals surface area (Å²) < 4.78 is 15.5. The lowest BCUT2D eigenvalue weighted by atomic mass is 10.0. The Kier molecular flexibility index (Phi) is 6.05. The molecule has 5 rings (SSSR count). The Morgan fingerprint density at radius 2 is 2.03 bits per heavy atom. The van der Waals surface area contributed by atoms with E-state index in [4.69, 9.17) is 5.26 Å². The number of tetrazole rings is 1. The summed E-state index contributed by atoms with van der Waals surface area (Å²) in [6.07, 6.45) is 3.78. The normalized spacial score (nSPS) is 17.7. The number of benzene rings is 1. The second kappa shape index (κ2) is 9.31. The van der Waals surface area contributed by atoms with E-state index in [0.717, 1.165) is 5.30 Å². The molecule has 0 bridgehead atoms. The van der Waals surface area contributed by atoms with Crippen LogP contribution in [0.3, 0.4) is 0 Å². The lowest BCUT2D eigenvalue weighted by molar-refractivity contribution is 0.139. The molecule has 2 amide bonds. The molecule has 0 N–H and O–H groups in total. The van der Waals surface area contributed by atoms with Gasteiger partial charge in [0.05, 0.1) is 17.7 Å². The van der Waals surface area contributed by atoms with E-state index in [9.17, 15) is 9.18 Å². The van der Waals surface area contributed by atoms with Crippen molar-refractivity contribution in [1.82, 2.24) is 40.1 Å². The van der Waals surface area contributed by atoms with Crippen molar-refractivity contribution < 1.29 is 9.18 Å². The first-order valence-corrected chi connectivity index (χ1v) is 11.5. The summed E-state index contributed by atoms with van der Waals surface area (Å²) >= 11 is 0. The molecule has 1 fully saturated rings. The Balaban J connectivity index is 1.28. The molecule has 2 aromatic heterocycles. The fourth-order valence-electron chi connectivity index (χ4n) is 4.11. The van der Waals surface area contributed by atoms with E-state index < -0.39 is 11.9 Å². The number of nitrogens with zero attached hydrogens (tertiary/aromatic N) is 11. The molecule has 2 atom stereocenters. The number of amides is 2. The molecular weight excluding hydrogens is 472 g/mol. The quantitative estimate of drug-likeness (QED) is 0.493. The molecule has 0 saturated carbocycles. The maximum Gasteiger partial charge on any atom is 0.341 e. The predicted molar refractivity (Wildman–Crippen MR) is 127 cm³/mol. The topological polar surface area (TPSA) is 132 Å². The monoisotopic (exact) mass is 493 g/mol. The van der Waals surface area contributed by atoms with E-state index in [1.54, 1.807) is 35.0 Å². The van der Waals surface area contributed by atoms with Gasteiger partial charge in [-0.15, -0.1) is 5.10 Å². The summed E-state index contributed by atoms with van der Waals surface area (Å²) in [5.41, 5.74) is 0.753. The maximum absolute atomic E-state index is 14.0. The summed E-state index contributed by atoms with van der Waals surface area (Å²) in [5, 5.41) is 27.1. The largest absolute Gasteiger partial charge is 0.341 e. The van der Waals surface area contributed by atoms with Crippen LogP contribution in [-0.2, 0) is 0 Å². The van der Waals surface area contributed by atoms with E-state index in [1.807, 2.05) is 11.0 Å².